The number of nitrogens with zero attached hydrogens (tertiary/aromatic N) is 3. The molecular formula is C25H30FN5O3. The number of ether oxygens (including phenoxy) is 1. The number of nitrogens with one attached hydrogen (secondary N) is 2. The lowest BCUT2D eigenvalue weighted by atomic mass is 10.1. The number of halogens is 1. The quantitative estimate of drug-likeness (QED) is 0.348. The first-order valence-electron chi connectivity index (χ1n) is 11.2. The summed E-state index contributed by atoms with van der Waals surface area (Å²) in [5.74, 6) is -0.179. The van der Waals surface area contributed by atoms with E-state index in [1.54, 1.807) is 24.5 Å². The van der Waals surface area contributed by atoms with Gasteiger partial charge in [0.1, 0.15) is 18.2 Å². The second kappa shape index (κ2) is 12.6. The molecule has 0 fully saturated rings. The number of hydrogen-bond acceptors (Lipinski definition) is 7. The highest BCUT2D eigenvalue weighted by Gasteiger charge is 2.08. The maximum atomic E-state index is 14.4. The lowest BCUT2D eigenvalue weighted by Gasteiger charge is -2.18. The van der Waals surface area contributed by atoms with Gasteiger partial charge in [0.25, 0.3) is 0 Å². The molecule has 0 spiro atoms. The lowest BCUT2D eigenvalue weighted by molar-refractivity contribution is -0.136. The number of aliphatic carboxylic acids is 1. The molecule has 0 unspecified atom stereocenters. The molecule has 0 bridgehead atoms. The molecule has 0 atom stereocenters. The Morgan fingerprint density at radius 1 is 1.06 bits per heavy atom. The van der Waals surface area contributed by atoms with Gasteiger partial charge in [-0.15, -0.1) is 0 Å². The maximum Gasteiger partial charge on any atom is 0.317 e. The minimum Gasteiger partial charge on any atom is -0.492 e. The summed E-state index contributed by atoms with van der Waals surface area (Å²) in [5.41, 5.74) is 2.53. The van der Waals surface area contributed by atoms with Crippen LogP contribution >= 0.6 is 0 Å². The molecule has 0 saturated heterocycles. The van der Waals surface area contributed by atoms with Crippen LogP contribution in [0.2, 0.25) is 0 Å². The van der Waals surface area contributed by atoms with Gasteiger partial charge in [0.05, 0.1) is 6.54 Å². The smallest absolute Gasteiger partial charge is 0.317 e. The monoisotopic (exact) mass is 467 g/mol. The molecule has 34 heavy (non-hydrogen) atoms. The number of carboxylic acids is 1. The van der Waals surface area contributed by atoms with Gasteiger partial charge in [-0.2, -0.15) is 0 Å². The van der Waals surface area contributed by atoms with Crippen LogP contribution in [-0.4, -0.2) is 58.7 Å². The highest BCUT2D eigenvalue weighted by atomic mass is 19.1. The summed E-state index contributed by atoms with van der Waals surface area (Å²) in [4.78, 5) is 21.5. The molecule has 0 amide bonds. The highest BCUT2D eigenvalue weighted by Crippen LogP contribution is 2.23. The zero-order valence-electron chi connectivity index (χ0n) is 19.4. The molecular weight excluding hydrogens is 437 g/mol. The summed E-state index contributed by atoms with van der Waals surface area (Å²) in [6, 6.07) is 12.4. The van der Waals surface area contributed by atoms with E-state index in [0.29, 0.717) is 29.2 Å². The summed E-state index contributed by atoms with van der Waals surface area (Å²) in [6.45, 7) is 7.73. The molecule has 3 rings (SSSR count). The van der Waals surface area contributed by atoms with Crippen LogP contribution in [-0.2, 0) is 11.3 Å². The number of likely N-dealkylation sites (N-methyl/N-ethyl adjacent to an activating group) is 1. The third-order valence-electron chi connectivity index (χ3n) is 5.31. The Labute approximate surface area is 198 Å². The van der Waals surface area contributed by atoms with E-state index in [1.807, 2.05) is 24.3 Å². The van der Waals surface area contributed by atoms with Crippen molar-refractivity contribution < 1.29 is 19.0 Å². The molecule has 8 nitrogen and oxygen atoms in total. The fourth-order valence-electron chi connectivity index (χ4n) is 3.31. The standard InChI is InChI=1S/C25H30FN5O3/c1-3-31(4-2)11-12-34-22-9-7-21(8-10-22)30-25-28-15-20(16-29-25)18-5-6-19(23(26)13-18)14-27-17-24(32)33/h5-10,13,15-16,27H,3-4,11-12,14,17H2,1-2H3,(H,32,33)(H,28,29,30). The van der Waals surface area contributed by atoms with Crippen molar-refractivity contribution in [3.8, 4) is 16.9 Å². The number of hydrogen-bond donors (Lipinski definition) is 3. The topological polar surface area (TPSA) is 99.6 Å². The van der Waals surface area contributed by atoms with Crippen LogP contribution in [0.1, 0.15) is 19.4 Å². The molecule has 0 aliphatic rings. The van der Waals surface area contributed by atoms with E-state index >= 15 is 0 Å². The van der Waals surface area contributed by atoms with Crippen LogP contribution in [0.5, 0.6) is 5.75 Å². The molecule has 3 N–H and O–H groups in total. The van der Waals surface area contributed by atoms with Crippen molar-refractivity contribution in [2.75, 3.05) is 38.1 Å². The Morgan fingerprint density at radius 3 is 2.38 bits per heavy atom. The molecule has 3 aromatic rings. The summed E-state index contributed by atoms with van der Waals surface area (Å²) in [6.07, 6.45) is 3.24. The average Bonchev–Trinajstić information content (AvgIpc) is 2.84. The number of anilines is 2. The Balaban J connectivity index is 1.54. The van der Waals surface area contributed by atoms with Crippen LogP contribution in [0.3, 0.4) is 0 Å². The number of aromatic nitrogens is 2. The van der Waals surface area contributed by atoms with Gasteiger partial charge < -0.3 is 25.4 Å². The zero-order chi connectivity index (χ0) is 24.3. The lowest BCUT2D eigenvalue weighted by Crippen LogP contribution is -2.27. The van der Waals surface area contributed by atoms with E-state index in [0.717, 1.165) is 31.1 Å². The summed E-state index contributed by atoms with van der Waals surface area (Å²) in [5, 5.41) is 14.5. The van der Waals surface area contributed by atoms with E-state index in [2.05, 4.69) is 39.3 Å². The van der Waals surface area contributed by atoms with Crippen LogP contribution in [0, 0.1) is 5.82 Å². The summed E-state index contributed by atoms with van der Waals surface area (Å²) in [7, 11) is 0. The number of benzene rings is 2. The van der Waals surface area contributed by atoms with Crippen molar-refractivity contribution in [2.45, 2.75) is 20.4 Å². The minimum atomic E-state index is -0.988. The second-order valence-corrected chi connectivity index (χ2v) is 7.62. The van der Waals surface area contributed by atoms with Crippen LogP contribution < -0.4 is 15.4 Å². The third-order valence-corrected chi connectivity index (χ3v) is 5.31. The molecule has 0 aliphatic heterocycles. The van der Waals surface area contributed by atoms with Gasteiger partial charge in [-0.25, -0.2) is 14.4 Å². The van der Waals surface area contributed by atoms with Gasteiger partial charge in [0, 0.05) is 42.3 Å². The Kier molecular flexibility index (Phi) is 9.30. The number of carboxylic acid groups (broad SMARTS) is 1. The van der Waals surface area contributed by atoms with Crippen molar-refractivity contribution in [1.29, 1.82) is 0 Å². The predicted molar refractivity (Wildman–Crippen MR) is 130 cm³/mol. The van der Waals surface area contributed by atoms with Gasteiger partial charge in [-0.1, -0.05) is 26.0 Å². The molecule has 2 aromatic carbocycles. The first-order valence-corrected chi connectivity index (χ1v) is 11.2. The third kappa shape index (κ3) is 7.50. The maximum absolute atomic E-state index is 14.4. The van der Waals surface area contributed by atoms with Crippen LogP contribution in [0.4, 0.5) is 16.0 Å². The second-order valence-electron chi connectivity index (χ2n) is 7.62. The fraction of sp³-hybridized carbons (Fsp3) is 0.320. The normalized spacial score (nSPS) is 10.9. The molecule has 1 aromatic heterocycles. The number of carbonyl (C=O) groups is 1. The van der Waals surface area contributed by atoms with E-state index in [1.165, 1.54) is 6.07 Å². The molecule has 0 aliphatic carbocycles. The Hall–Kier alpha value is -3.56. The molecule has 9 heteroatoms. The average molecular weight is 468 g/mol. The van der Waals surface area contributed by atoms with E-state index < -0.39 is 11.8 Å². The van der Waals surface area contributed by atoms with Crippen molar-refractivity contribution >= 4 is 17.6 Å². The molecule has 180 valence electrons. The Morgan fingerprint density at radius 2 is 1.76 bits per heavy atom. The van der Waals surface area contributed by atoms with E-state index in [9.17, 15) is 9.18 Å². The van der Waals surface area contributed by atoms with Crippen molar-refractivity contribution in [3.05, 3.63) is 66.2 Å². The van der Waals surface area contributed by atoms with Crippen LogP contribution in [0.25, 0.3) is 11.1 Å². The largest absolute Gasteiger partial charge is 0.492 e. The van der Waals surface area contributed by atoms with Gasteiger partial charge in [0.2, 0.25) is 5.95 Å². The van der Waals surface area contributed by atoms with Crippen LogP contribution in [0.15, 0.2) is 54.9 Å². The van der Waals surface area contributed by atoms with Crippen molar-refractivity contribution in [3.63, 3.8) is 0 Å². The van der Waals surface area contributed by atoms with Gasteiger partial charge in [0.15, 0.2) is 0 Å². The van der Waals surface area contributed by atoms with Gasteiger partial charge >= 0.3 is 5.97 Å². The fourth-order valence-corrected chi connectivity index (χ4v) is 3.31. The predicted octanol–water partition coefficient (Wildman–Crippen LogP) is 3.92. The van der Waals surface area contributed by atoms with Crippen molar-refractivity contribution in [2.24, 2.45) is 0 Å². The van der Waals surface area contributed by atoms with Gasteiger partial charge in [-0.3, -0.25) is 4.79 Å². The van der Waals surface area contributed by atoms with Gasteiger partial charge in [-0.05, 0) is 49.0 Å². The van der Waals surface area contributed by atoms with E-state index in [-0.39, 0.29) is 13.1 Å². The molecule has 0 saturated carbocycles. The molecule has 1 heterocycles. The van der Waals surface area contributed by atoms with Crippen molar-refractivity contribution in [1.82, 2.24) is 20.2 Å². The zero-order valence-corrected chi connectivity index (χ0v) is 19.4. The minimum absolute atomic E-state index is 0.136. The first-order chi connectivity index (χ1) is 16.5. The highest BCUT2D eigenvalue weighted by molar-refractivity contribution is 5.69. The van der Waals surface area contributed by atoms with E-state index in [4.69, 9.17) is 9.84 Å². The number of rotatable bonds is 13. The Bertz CT molecular complexity index is 1060. The summed E-state index contributed by atoms with van der Waals surface area (Å²) < 4.78 is 20.2. The molecule has 0 radical (unpaired) electrons. The first kappa shape index (κ1) is 25.1. The summed E-state index contributed by atoms with van der Waals surface area (Å²) >= 11 is 0. The SMILES string of the molecule is CCN(CC)CCOc1ccc(Nc2ncc(-c3ccc(CNCC(=O)O)c(F)c3)cn2)cc1.